The lowest BCUT2D eigenvalue weighted by Crippen LogP contribution is -2.32. The number of rotatable bonds is 12. The van der Waals surface area contributed by atoms with Crippen molar-refractivity contribution in [1.82, 2.24) is 40.4 Å². The fourth-order valence-electron chi connectivity index (χ4n) is 4.14. The van der Waals surface area contributed by atoms with Gasteiger partial charge >= 0.3 is 0 Å². The SMILES string of the molecule is CCCCc1nc(C(CCC)(OC)OC)nn1Cc1ccc(-c2ccccc2-c2nnn[nH]2)cn1. The van der Waals surface area contributed by atoms with Gasteiger partial charge in [-0.1, -0.05) is 57.0 Å². The van der Waals surface area contributed by atoms with Crippen molar-refractivity contribution in [1.29, 1.82) is 0 Å². The molecule has 184 valence electrons. The molecule has 0 amide bonds. The minimum atomic E-state index is -0.947. The lowest BCUT2D eigenvalue weighted by atomic mass is 10.0. The van der Waals surface area contributed by atoms with E-state index in [9.17, 15) is 0 Å². The molecule has 0 spiro atoms. The summed E-state index contributed by atoms with van der Waals surface area (Å²) in [5.41, 5.74) is 3.78. The van der Waals surface area contributed by atoms with Crippen LogP contribution in [0.2, 0.25) is 0 Å². The first-order valence-corrected chi connectivity index (χ1v) is 12.0. The number of pyridine rings is 1. The number of nitrogens with one attached hydrogen (secondary N) is 1. The van der Waals surface area contributed by atoms with Crippen molar-refractivity contribution in [3.05, 3.63) is 59.9 Å². The minimum absolute atomic E-state index is 0.510. The summed E-state index contributed by atoms with van der Waals surface area (Å²) in [4.78, 5) is 9.56. The van der Waals surface area contributed by atoms with E-state index in [-0.39, 0.29) is 0 Å². The quantitative estimate of drug-likeness (QED) is 0.303. The smallest absolute Gasteiger partial charge is 0.231 e. The van der Waals surface area contributed by atoms with Crippen molar-refractivity contribution in [3.8, 4) is 22.5 Å². The number of nitrogens with zero attached hydrogens (tertiary/aromatic N) is 7. The molecule has 0 saturated carbocycles. The maximum absolute atomic E-state index is 5.75. The number of aryl methyl sites for hydroxylation is 1. The van der Waals surface area contributed by atoms with Crippen molar-refractivity contribution in [2.45, 2.75) is 58.3 Å². The maximum Gasteiger partial charge on any atom is 0.231 e. The van der Waals surface area contributed by atoms with E-state index in [0.717, 1.165) is 53.9 Å². The molecule has 0 aliphatic carbocycles. The Kier molecular flexibility index (Phi) is 7.94. The Morgan fingerprint density at radius 1 is 1.00 bits per heavy atom. The monoisotopic (exact) mass is 476 g/mol. The first-order valence-electron chi connectivity index (χ1n) is 12.0. The Hall–Kier alpha value is -3.50. The molecule has 10 heteroatoms. The van der Waals surface area contributed by atoms with E-state index < -0.39 is 5.79 Å². The van der Waals surface area contributed by atoms with Crippen LogP contribution >= 0.6 is 0 Å². The van der Waals surface area contributed by atoms with Gasteiger partial charge in [0.15, 0.2) is 5.82 Å². The van der Waals surface area contributed by atoms with Gasteiger partial charge < -0.3 is 9.47 Å². The Morgan fingerprint density at radius 2 is 1.80 bits per heavy atom. The molecule has 0 aliphatic heterocycles. The topological polar surface area (TPSA) is 117 Å². The van der Waals surface area contributed by atoms with E-state index in [1.54, 1.807) is 14.2 Å². The molecule has 4 rings (SSSR count). The summed E-state index contributed by atoms with van der Waals surface area (Å²) in [5.74, 6) is 1.14. The standard InChI is InChI=1S/C25H32N8O2/c1-5-7-12-22-27-24(25(34-3,35-4)15-6-2)30-33(22)17-19-14-13-18(16-26-19)20-10-8-9-11-21(20)23-28-31-32-29-23/h8-11,13-14,16H,5-7,12,15,17H2,1-4H3,(H,28,29,31,32). The zero-order valence-corrected chi connectivity index (χ0v) is 20.7. The summed E-state index contributed by atoms with van der Waals surface area (Å²) < 4.78 is 13.4. The van der Waals surface area contributed by atoms with Gasteiger partial charge in [0.1, 0.15) is 5.82 Å². The highest BCUT2D eigenvalue weighted by Crippen LogP contribution is 2.30. The fourth-order valence-corrected chi connectivity index (χ4v) is 4.14. The summed E-state index contributed by atoms with van der Waals surface area (Å²) in [5, 5.41) is 19.1. The molecule has 0 aliphatic rings. The number of aromatic nitrogens is 8. The normalized spacial score (nSPS) is 11.8. The maximum atomic E-state index is 5.75. The van der Waals surface area contributed by atoms with E-state index >= 15 is 0 Å². The van der Waals surface area contributed by atoms with Crippen molar-refractivity contribution in [3.63, 3.8) is 0 Å². The molecule has 35 heavy (non-hydrogen) atoms. The highest BCUT2D eigenvalue weighted by Gasteiger charge is 2.36. The van der Waals surface area contributed by atoms with Gasteiger partial charge in [-0.25, -0.2) is 14.8 Å². The summed E-state index contributed by atoms with van der Waals surface area (Å²) in [6.07, 6.45) is 6.35. The fraction of sp³-hybridized carbons (Fsp3) is 0.440. The molecule has 3 heterocycles. The summed E-state index contributed by atoms with van der Waals surface area (Å²) in [6.45, 7) is 4.76. The largest absolute Gasteiger partial charge is 0.347 e. The van der Waals surface area contributed by atoms with Gasteiger partial charge in [-0.05, 0) is 28.5 Å². The second-order valence-corrected chi connectivity index (χ2v) is 8.36. The van der Waals surface area contributed by atoms with Crippen LogP contribution in [0.15, 0.2) is 42.6 Å². The third-order valence-electron chi connectivity index (χ3n) is 6.06. The van der Waals surface area contributed by atoms with Gasteiger partial charge in [0.2, 0.25) is 11.6 Å². The van der Waals surface area contributed by atoms with E-state index in [0.29, 0.717) is 24.6 Å². The average Bonchev–Trinajstić information content (AvgIpc) is 3.57. The number of aromatic amines is 1. The molecule has 0 radical (unpaired) electrons. The zero-order chi connectivity index (χ0) is 24.7. The average molecular weight is 477 g/mol. The lowest BCUT2D eigenvalue weighted by Gasteiger charge is -2.27. The van der Waals surface area contributed by atoms with Crippen LogP contribution in [0.5, 0.6) is 0 Å². The van der Waals surface area contributed by atoms with Crippen molar-refractivity contribution in [2.24, 2.45) is 0 Å². The molecule has 0 unspecified atom stereocenters. The number of hydrogen-bond donors (Lipinski definition) is 1. The van der Waals surface area contributed by atoms with Crippen LogP contribution < -0.4 is 0 Å². The number of ether oxygens (including phenoxy) is 2. The van der Waals surface area contributed by atoms with Gasteiger partial charge in [0.05, 0.1) is 12.2 Å². The molecule has 1 aromatic carbocycles. The van der Waals surface area contributed by atoms with E-state index in [1.165, 1.54) is 0 Å². The molecule has 0 fully saturated rings. The van der Waals surface area contributed by atoms with Crippen LogP contribution in [-0.2, 0) is 28.2 Å². The van der Waals surface area contributed by atoms with Crippen LogP contribution in [0.3, 0.4) is 0 Å². The number of benzene rings is 1. The number of hydrogen-bond acceptors (Lipinski definition) is 8. The van der Waals surface area contributed by atoms with Gasteiger partial charge in [-0.2, -0.15) is 0 Å². The summed E-state index contributed by atoms with van der Waals surface area (Å²) in [7, 11) is 3.27. The first-order chi connectivity index (χ1) is 17.1. The zero-order valence-electron chi connectivity index (χ0n) is 20.7. The highest BCUT2D eigenvalue weighted by molar-refractivity contribution is 5.79. The minimum Gasteiger partial charge on any atom is -0.347 e. The number of unbranched alkanes of at least 4 members (excludes halogenated alkanes) is 1. The third-order valence-corrected chi connectivity index (χ3v) is 6.06. The van der Waals surface area contributed by atoms with Gasteiger partial charge in [-0.3, -0.25) is 4.98 Å². The predicted molar refractivity (Wildman–Crippen MR) is 131 cm³/mol. The molecular weight excluding hydrogens is 444 g/mol. The molecule has 0 saturated heterocycles. The summed E-state index contributed by atoms with van der Waals surface area (Å²) in [6, 6.07) is 12.0. The number of methoxy groups -OCH3 is 2. The van der Waals surface area contributed by atoms with Crippen LogP contribution in [0, 0.1) is 0 Å². The highest BCUT2D eigenvalue weighted by atomic mass is 16.7. The van der Waals surface area contributed by atoms with Crippen LogP contribution in [-0.4, -0.2) is 54.6 Å². The molecule has 3 aromatic heterocycles. The first kappa shape index (κ1) is 24.6. The lowest BCUT2D eigenvalue weighted by molar-refractivity contribution is -0.225. The van der Waals surface area contributed by atoms with Crippen LogP contribution in [0.1, 0.15) is 56.9 Å². The second-order valence-electron chi connectivity index (χ2n) is 8.36. The molecule has 0 atom stereocenters. The number of tetrazole rings is 1. The van der Waals surface area contributed by atoms with Gasteiger partial charge in [0.25, 0.3) is 0 Å². The van der Waals surface area contributed by atoms with Gasteiger partial charge in [0, 0.05) is 44.4 Å². The molecule has 4 aromatic rings. The molecular formula is C25H32N8O2. The van der Waals surface area contributed by atoms with Crippen molar-refractivity contribution >= 4 is 0 Å². The van der Waals surface area contributed by atoms with Crippen LogP contribution in [0.4, 0.5) is 0 Å². The Morgan fingerprint density at radius 3 is 2.43 bits per heavy atom. The molecule has 1 N–H and O–H groups in total. The second kappa shape index (κ2) is 11.3. The van der Waals surface area contributed by atoms with E-state index in [4.69, 9.17) is 24.5 Å². The molecule has 10 nitrogen and oxygen atoms in total. The Bertz CT molecular complexity index is 1200. The van der Waals surface area contributed by atoms with Crippen molar-refractivity contribution < 1.29 is 9.47 Å². The van der Waals surface area contributed by atoms with Crippen LogP contribution in [0.25, 0.3) is 22.5 Å². The predicted octanol–water partition coefficient (Wildman–Crippen LogP) is 4.16. The van der Waals surface area contributed by atoms with E-state index in [2.05, 4.69) is 40.5 Å². The third kappa shape index (κ3) is 5.28. The summed E-state index contributed by atoms with van der Waals surface area (Å²) >= 11 is 0. The number of H-pyrrole nitrogens is 1. The Labute approximate surface area is 205 Å². The van der Waals surface area contributed by atoms with Crippen molar-refractivity contribution in [2.75, 3.05) is 14.2 Å². The Balaban J connectivity index is 1.62. The van der Waals surface area contributed by atoms with E-state index in [1.807, 2.05) is 41.2 Å². The molecule has 0 bridgehead atoms. The van der Waals surface area contributed by atoms with Gasteiger partial charge in [-0.15, -0.1) is 10.2 Å².